The second-order valence-corrected chi connectivity index (χ2v) is 7.05. The number of hydrogen-bond donors (Lipinski definition) is 0. The van der Waals surface area contributed by atoms with E-state index in [4.69, 9.17) is 5.10 Å². The zero-order chi connectivity index (χ0) is 16.1. The van der Waals surface area contributed by atoms with E-state index in [-0.39, 0.29) is 0 Å². The van der Waals surface area contributed by atoms with Gasteiger partial charge in [0.05, 0.1) is 12.1 Å². The summed E-state index contributed by atoms with van der Waals surface area (Å²) in [6.45, 7) is 1.95. The third kappa shape index (κ3) is 4.15. The molecule has 0 N–H and O–H groups in total. The van der Waals surface area contributed by atoms with Gasteiger partial charge in [-0.2, -0.15) is 5.10 Å². The minimum absolute atomic E-state index is 0.825. The molecule has 0 spiro atoms. The van der Waals surface area contributed by atoms with Gasteiger partial charge in [0.25, 0.3) is 0 Å². The van der Waals surface area contributed by atoms with Crippen molar-refractivity contribution in [2.75, 3.05) is 26.4 Å². The van der Waals surface area contributed by atoms with Gasteiger partial charge >= 0.3 is 0 Å². The molecular weight excluding hydrogens is 302 g/mol. The maximum atomic E-state index is 4.81. The fourth-order valence-electron chi connectivity index (χ4n) is 2.62. The lowest BCUT2D eigenvalue weighted by atomic mass is 10.2. The molecule has 1 heterocycles. The zero-order valence-electron chi connectivity index (χ0n) is 13.8. The predicted octanol–water partition coefficient (Wildman–Crippen LogP) is 4.13. The Morgan fingerprint density at radius 3 is 2.52 bits per heavy atom. The van der Waals surface area contributed by atoms with Gasteiger partial charge in [0, 0.05) is 11.1 Å². The molecule has 0 amide bonds. The molecule has 0 unspecified atom stereocenters. The first-order valence-corrected chi connectivity index (χ1v) is 8.99. The number of thioether (sulfide) groups is 1. The summed E-state index contributed by atoms with van der Waals surface area (Å²) in [7, 11) is 4.25. The standard InChI is InChI=1S/C19H23N3S/c1-21(2)13-8-14-23-19-17-11-6-7-12-18(17)20-22(19)15-16-9-4-3-5-10-16/h3-7,9-12H,8,13-15H2,1-2H3. The first-order valence-electron chi connectivity index (χ1n) is 8.01. The van der Waals surface area contributed by atoms with Crippen molar-refractivity contribution in [3.8, 4) is 0 Å². The molecule has 2 aromatic carbocycles. The highest BCUT2D eigenvalue weighted by Crippen LogP contribution is 2.29. The van der Waals surface area contributed by atoms with Gasteiger partial charge in [-0.05, 0) is 38.7 Å². The van der Waals surface area contributed by atoms with Crippen LogP contribution in [-0.2, 0) is 6.54 Å². The summed E-state index contributed by atoms with van der Waals surface area (Å²) >= 11 is 1.92. The van der Waals surface area contributed by atoms with Crippen molar-refractivity contribution in [1.82, 2.24) is 14.7 Å². The number of fused-ring (bicyclic) bond motifs is 1. The molecule has 3 nitrogen and oxygen atoms in total. The van der Waals surface area contributed by atoms with Crippen LogP contribution in [0.15, 0.2) is 59.6 Å². The molecule has 4 heteroatoms. The maximum absolute atomic E-state index is 4.81. The zero-order valence-corrected chi connectivity index (χ0v) is 14.6. The van der Waals surface area contributed by atoms with Gasteiger partial charge < -0.3 is 4.90 Å². The van der Waals surface area contributed by atoms with Crippen LogP contribution in [0, 0.1) is 0 Å². The van der Waals surface area contributed by atoms with Crippen molar-refractivity contribution in [3.05, 3.63) is 60.2 Å². The second kappa shape index (κ2) is 7.66. The van der Waals surface area contributed by atoms with Crippen LogP contribution in [0.25, 0.3) is 10.9 Å². The van der Waals surface area contributed by atoms with Crippen molar-refractivity contribution in [2.24, 2.45) is 0 Å². The molecule has 0 radical (unpaired) electrons. The van der Waals surface area contributed by atoms with Crippen LogP contribution < -0.4 is 0 Å². The summed E-state index contributed by atoms with van der Waals surface area (Å²) in [4.78, 5) is 2.24. The Morgan fingerprint density at radius 2 is 1.74 bits per heavy atom. The molecule has 0 atom stereocenters. The van der Waals surface area contributed by atoms with E-state index in [2.05, 4.69) is 78.3 Å². The van der Waals surface area contributed by atoms with E-state index in [0.29, 0.717) is 0 Å². The monoisotopic (exact) mass is 325 g/mol. The van der Waals surface area contributed by atoms with Crippen LogP contribution in [0.2, 0.25) is 0 Å². The Labute approximate surface area is 142 Å². The molecule has 120 valence electrons. The molecule has 0 aliphatic heterocycles. The largest absolute Gasteiger partial charge is 0.309 e. The summed E-state index contributed by atoms with van der Waals surface area (Å²) in [6.07, 6.45) is 1.18. The summed E-state index contributed by atoms with van der Waals surface area (Å²) in [5.74, 6) is 1.11. The molecule has 23 heavy (non-hydrogen) atoms. The lowest BCUT2D eigenvalue weighted by molar-refractivity contribution is 0.410. The Morgan fingerprint density at radius 1 is 1.00 bits per heavy atom. The van der Waals surface area contributed by atoms with Gasteiger partial charge in [-0.3, -0.25) is 4.68 Å². The van der Waals surface area contributed by atoms with Crippen molar-refractivity contribution in [2.45, 2.75) is 18.0 Å². The maximum Gasteiger partial charge on any atom is 0.102 e. The van der Waals surface area contributed by atoms with Crippen molar-refractivity contribution < 1.29 is 0 Å². The van der Waals surface area contributed by atoms with Gasteiger partial charge in [0.15, 0.2) is 0 Å². The lowest BCUT2D eigenvalue weighted by Crippen LogP contribution is -2.13. The number of aromatic nitrogens is 2. The van der Waals surface area contributed by atoms with Gasteiger partial charge in [-0.1, -0.05) is 48.5 Å². The summed E-state index contributed by atoms with van der Waals surface area (Å²) < 4.78 is 2.15. The van der Waals surface area contributed by atoms with E-state index in [1.165, 1.54) is 22.4 Å². The highest BCUT2D eigenvalue weighted by molar-refractivity contribution is 7.99. The number of rotatable bonds is 7. The van der Waals surface area contributed by atoms with Gasteiger partial charge in [-0.15, -0.1) is 11.8 Å². The SMILES string of the molecule is CN(C)CCCSc1c2ccccc2nn1Cc1ccccc1. The molecule has 0 saturated heterocycles. The lowest BCUT2D eigenvalue weighted by Gasteiger charge is -2.10. The summed E-state index contributed by atoms with van der Waals surface area (Å²) in [5.41, 5.74) is 2.37. The third-order valence-corrected chi connectivity index (χ3v) is 4.96. The summed E-state index contributed by atoms with van der Waals surface area (Å²) in [6, 6.07) is 19.0. The Bertz CT molecular complexity index is 750. The minimum Gasteiger partial charge on any atom is -0.309 e. The summed E-state index contributed by atoms with van der Waals surface area (Å²) in [5, 5.41) is 7.35. The first-order chi connectivity index (χ1) is 11.2. The molecule has 1 aromatic heterocycles. The van der Waals surface area contributed by atoms with Gasteiger partial charge in [0.2, 0.25) is 0 Å². The van der Waals surface area contributed by atoms with E-state index in [1.807, 2.05) is 11.8 Å². The number of benzene rings is 2. The van der Waals surface area contributed by atoms with Crippen LogP contribution in [0.4, 0.5) is 0 Å². The number of nitrogens with zero attached hydrogens (tertiary/aromatic N) is 3. The van der Waals surface area contributed by atoms with Crippen LogP contribution in [0.1, 0.15) is 12.0 Å². The van der Waals surface area contributed by atoms with E-state index in [1.54, 1.807) is 0 Å². The average molecular weight is 325 g/mol. The minimum atomic E-state index is 0.825. The third-order valence-electron chi connectivity index (χ3n) is 3.76. The average Bonchev–Trinajstić information content (AvgIpc) is 2.90. The quantitative estimate of drug-likeness (QED) is 0.481. The molecule has 0 aliphatic carbocycles. The molecule has 0 bridgehead atoms. The van der Waals surface area contributed by atoms with Gasteiger partial charge in [-0.25, -0.2) is 0 Å². The van der Waals surface area contributed by atoms with E-state index < -0.39 is 0 Å². The fourth-order valence-corrected chi connectivity index (χ4v) is 3.67. The topological polar surface area (TPSA) is 21.1 Å². The van der Waals surface area contributed by atoms with Crippen molar-refractivity contribution in [3.63, 3.8) is 0 Å². The van der Waals surface area contributed by atoms with E-state index >= 15 is 0 Å². The van der Waals surface area contributed by atoms with E-state index in [0.717, 1.165) is 24.4 Å². The molecule has 0 aliphatic rings. The second-order valence-electron chi connectivity index (χ2n) is 5.97. The van der Waals surface area contributed by atoms with Crippen molar-refractivity contribution in [1.29, 1.82) is 0 Å². The molecule has 0 fully saturated rings. The molecule has 0 saturated carbocycles. The Hall–Kier alpha value is -1.78. The molecule has 3 aromatic rings. The highest BCUT2D eigenvalue weighted by Gasteiger charge is 2.11. The van der Waals surface area contributed by atoms with E-state index in [9.17, 15) is 0 Å². The van der Waals surface area contributed by atoms with Crippen molar-refractivity contribution >= 4 is 22.7 Å². The van der Waals surface area contributed by atoms with Crippen LogP contribution in [0.5, 0.6) is 0 Å². The van der Waals surface area contributed by atoms with Crippen LogP contribution >= 0.6 is 11.8 Å². The Balaban J connectivity index is 1.82. The first kappa shape index (κ1) is 16.1. The van der Waals surface area contributed by atoms with Gasteiger partial charge in [0.1, 0.15) is 5.03 Å². The molecular formula is C19H23N3S. The smallest absolute Gasteiger partial charge is 0.102 e. The predicted molar refractivity (Wildman–Crippen MR) is 99.2 cm³/mol. The highest BCUT2D eigenvalue weighted by atomic mass is 32.2. The molecule has 3 rings (SSSR count). The Kier molecular flexibility index (Phi) is 5.36. The normalized spacial score (nSPS) is 11.4. The number of hydrogen-bond acceptors (Lipinski definition) is 3. The van der Waals surface area contributed by atoms with Crippen LogP contribution in [0.3, 0.4) is 0 Å². The van der Waals surface area contributed by atoms with Crippen LogP contribution in [-0.4, -0.2) is 41.1 Å². The fraction of sp³-hybridized carbons (Fsp3) is 0.316.